The molecule has 11 nitrogen and oxygen atoms in total. The van der Waals surface area contributed by atoms with Gasteiger partial charge in [-0.1, -0.05) is 104 Å². The molecule has 0 spiro atoms. The van der Waals surface area contributed by atoms with Crippen LogP contribution in [0.4, 0.5) is 9.59 Å². The van der Waals surface area contributed by atoms with E-state index in [0.717, 1.165) is 16.7 Å². The zero-order chi connectivity index (χ0) is 33.9. The lowest BCUT2D eigenvalue weighted by Gasteiger charge is -2.54. The molecule has 11 heteroatoms. The molecule has 2 aliphatic heterocycles. The summed E-state index contributed by atoms with van der Waals surface area (Å²) >= 11 is 0. The van der Waals surface area contributed by atoms with Crippen molar-refractivity contribution in [3.63, 3.8) is 0 Å². The molecule has 3 aromatic carbocycles. The second kappa shape index (κ2) is 16.6. The molecule has 2 N–H and O–H groups in total. The van der Waals surface area contributed by atoms with Gasteiger partial charge in [-0.25, -0.2) is 19.6 Å². The van der Waals surface area contributed by atoms with E-state index in [2.05, 4.69) is 41.5 Å². The third-order valence-corrected chi connectivity index (χ3v) is 8.78. The topological polar surface area (TPSA) is 115 Å². The van der Waals surface area contributed by atoms with Crippen molar-refractivity contribution in [3.05, 3.63) is 120 Å². The van der Waals surface area contributed by atoms with E-state index in [1.54, 1.807) is 26.9 Å². The molecule has 0 aliphatic carbocycles. The molecular weight excluding hydrogens is 608 g/mol. The summed E-state index contributed by atoms with van der Waals surface area (Å²) in [5.41, 5.74) is 3.24. The summed E-state index contributed by atoms with van der Waals surface area (Å²) in [6.45, 7) is 4.77. The van der Waals surface area contributed by atoms with Gasteiger partial charge >= 0.3 is 12.1 Å². The van der Waals surface area contributed by atoms with Crippen molar-refractivity contribution in [1.29, 1.82) is 0 Å². The van der Waals surface area contributed by atoms with Gasteiger partial charge in [0, 0.05) is 32.6 Å². The number of hydrazine groups is 1. The van der Waals surface area contributed by atoms with Gasteiger partial charge in [0.2, 0.25) is 11.8 Å². The largest absolute Gasteiger partial charge is 0.445 e. The van der Waals surface area contributed by atoms with Gasteiger partial charge in [0.1, 0.15) is 18.8 Å². The van der Waals surface area contributed by atoms with E-state index in [0.29, 0.717) is 32.4 Å². The van der Waals surface area contributed by atoms with Gasteiger partial charge in [-0.3, -0.25) is 9.59 Å². The Morgan fingerprint density at radius 2 is 1.56 bits per heavy atom. The SMILES string of the molecule is C=CCOC(=O)NCCC[C@H]1C(=O)N(CCC(c2ccccc2)c2ccccc2)C[C@H]2N1C(=O)CN(C)N2C(=O)NCc1ccccc1. The maximum absolute atomic E-state index is 14.2. The summed E-state index contributed by atoms with van der Waals surface area (Å²) in [4.78, 5) is 56.9. The number of benzene rings is 3. The van der Waals surface area contributed by atoms with Crippen LogP contribution in [0.15, 0.2) is 104 Å². The van der Waals surface area contributed by atoms with Crippen molar-refractivity contribution >= 4 is 23.9 Å². The maximum Gasteiger partial charge on any atom is 0.407 e. The fourth-order valence-corrected chi connectivity index (χ4v) is 6.49. The third kappa shape index (κ3) is 8.40. The molecule has 2 saturated heterocycles. The van der Waals surface area contributed by atoms with Gasteiger partial charge in [0.25, 0.3) is 0 Å². The Labute approximate surface area is 282 Å². The highest BCUT2D eigenvalue weighted by Gasteiger charge is 2.50. The van der Waals surface area contributed by atoms with Gasteiger partial charge in [0.15, 0.2) is 0 Å². The number of rotatable bonds is 13. The predicted octanol–water partition coefficient (Wildman–Crippen LogP) is 4.34. The smallest absolute Gasteiger partial charge is 0.407 e. The van der Waals surface area contributed by atoms with E-state index < -0.39 is 18.3 Å². The summed E-state index contributed by atoms with van der Waals surface area (Å²) in [5, 5.41) is 8.88. The molecule has 5 rings (SSSR count). The Hall–Kier alpha value is -5.16. The Balaban J connectivity index is 1.37. The van der Waals surface area contributed by atoms with Crippen molar-refractivity contribution < 1.29 is 23.9 Å². The number of hydrogen-bond donors (Lipinski definition) is 2. The van der Waals surface area contributed by atoms with Crippen LogP contribution in [-0.4, -0.2) is 95.8 Å². The Morgan fingerprint density at radius 1 is 0.938 bits per heavy atom. The molecule has 2 atom stereocenters. The molecule has 0 radical (unpaired) electrons. The first-order valence-electron chi connectivity index (χ1n) is 16.4. The van der Waals surface area contributed by atoms with Crippen LogP contribution < -0.4 is 10.6 Å². The van der Waals surface area contributed by atoms with Crippen molar-refractivity contribution in [2.24, 2.45) is 0 Å². The summed E-state index contributed by atoms with van der Waals surface area (Å²) in [5.74, 6) is -0.344. The number of nitrogens with zero attached hydrogens (tertiary/aromatic N) is 4. The number of alkyl carbamates (subject to hydrolysis) is 1. The summed E-state index contributed by atoms with van der Waals surface area (Å²) < 4.78 is 4.99. The average molecular weight is 653 g/mol. The molecule has 0 unspecified atom stereocenters. The average Bonchev–Trinajstić information content (AvgIpc) is 3.10. The predicted molar refractivity (Wildman–Crippen MR) is 182 cm³/mol. The molecule has 252 valence electrons. The van der Waals surface area contributed by atoms with Crippen LogP contribution in [-0.2, 0) is 20.9 Å². The van der Waals surface area contributed by atoms with Gasteiger partial charge < -0.3 is 25.2 Å². The van der Waals surface area contributed by atoms with E-state index in [4.69, 9.17) is 4.74 Å². The maximum atomic E-state index is 14.2. The Bertz CT molecular complexity index is 1500. The van der Waals surface area contributed by atoms with Crippen LogP contribution in [0, 0.1) is 0 Å². The number of ether oxygens (including phenoxy) is 1. The Morgan fingerprint density at radius 3 is 2.19 bits per heavy atom. The van der Waals surface area contributed by atoms with Gasteiger partial charge in [-0.05, 0) is 36.0 Å². The van der Waals surface area contributed by atoms with Gasteiger partial charge in [-0.15, -0.1) is 0 Å². The number of carbonyl (C=O) groups is 4. The molecule has 5 amide bonds. The Kier molecular flexibility index (Phi) is 11.8. The lowest BCUT2D eigenvalue weighted by Crippen LogP contribution is -2.76. The molecule has 48 heavy (non-hydrogen) atoms. The normalized spacial score (nSPS) is 18.0. The number of urea groups is 1. The molecule has 0 bridgehead atoms. The molecule has 2 aliphatic rings. The van der Waals surface area contributed by atoms with Crippen LogP contribution in [0.5, 0.6) is 0 Å². The van der Waals surface area contributed by atoms with Gasteiger partial charge in [0.05, 0.1) is 13.1 Å². The molecule has 3 aromatic rings. The standard InChI is InChI=1S/C37H44N6O5/c1-3-24-48-37(47)38-22-13-20-32-35(45)41(23-21-31(29-16-9-5-10-17-29)30-18-11-6-12-19-30)26-33-42(32)34(44)27-40(2)43(33)36(46)39-25-28-14-7-4-8-15-28/h3-12,14-19,31-33H,1,13,20-27H2,2H3,(H,38,47)(H,39,46)/t32-,33-/m0/s1. The molecule has 0 aromatic heterocycles. The summed E-state index contributed by atoms with van der Waals surface area (Å²) in [7, 11) is 1.72. The van der Waals surface area contributed by atoms with Crippen molar-refractivity contribution in [3.8, 4) is 0 Å². The first kappa shape index (κ1) is 34.2. The lowest BCUT2D eigenvalue weighted by molar-refractivity contribution is -0.187. The van der Waals surface area contributed by atoms with E-state index in [-0.39, 0.29) is 50.0 Å². The van der Waals surface area contributed by atoms with Crippen molar-refractivity contribution in [2.75, 3.05) is 39.8 Å². The minimum atomic E-state index is -0.799. The fraction of sp³-hybridized carbons (Fsp3) is 0.351. The second-order valence-electron chi connectivity index (χ2n) is 12.0. The number of amides is 5. The minimum Gasteiger partial charge on any atom is -0.445 e. The summed E-state index contributed by atoms with van der Waals surface area (Å²) in [6, 6.07) is 28.9. The van der Waals surface area contributed by atoms with Crippen LogP contribution >= 0.6 is 0 Å². The van der Waals surface area contributed by atoms with E-state index >= 15 is 0 Å². The first-order chi connectivity index (χ1) is 23.4. The van der Waals surface area contributed by atoms with Crippen LogP contribution in [0.2, 0.25) is 0 Å². The first-order valence-corrected chi connectivity index (χ1v) is 16.4. The monoisotopic (exact) mass is 652 g/mol. The zero-order valence-electron chi connectivity index (χ0n) is 27.4. The van der Waals surface area contributed by atoms with Crippen LogP contribution in [0.3, 0.4) is 0 Å². The number of nitrogens with one attached hydrogen (secondary N) is 2. The summed E-state index contributed by atoms with van der Waals surface area (Å²) in [6.07, 6.45) is 1.59. The molecule has 2 fully saturated rings. The number of likely N-dealkylation sites (N-methyl/N-ethyl adjacent to an activating group) is 1. The van der Waals surface area contributed by atoms with E-state index in [9.17, 15) is 19.2 Å². The fourth-order valence-electron chi connectivity index (χ4n) is 6.49. The van der Waals surface area contributed by atoms with Crippen molar-refractivity contribution in [2.45, 2.75) is 43.9 Å². The number of carbonyl (C=O) groups excluding carboxylic acids is 4. The van der Waals surface area contributed by atoms with Gasteiger partial charge in [-0.2, -0.15) is 0 Å². The molecular formula is C37H44N6O5. The van der Waals surface area contributed by atoms with Crippen LogP contribution in [0.25, 0.3) is 0 Å². The highest BCUT2D eigenvalue weighted by atomic mass is 16.5. The number of piperazine rings is 1. The van der Waals surface area contributed by atoms with Crippen molar-refractivity contribution in [1.82, 2.24) is 30.5 Å². The molecule has 2 heterocycles. The quantitative estimate of drug-likeness (QED) is 0.210. The minimum absolute atomic E-state index is 0.0448. The zero-order valence-corrected chi connectivity index (χ0v) is 27.4. The lowest BCUT2D eigenvalue weighted by atomic mass is 9.88. The second-order valence-corrected chi connectivity index (χ2v) is 12.0. The molecule has 0 saturated carbocycles. The van der Waals surface area contributed by atoms with E-state index in [1.807, 2.05) is 66.7 Å². The van der Waals surface area contributed by atoms with E-state index in [1.165, 1.54) is 6.08 Å². The highest BCUT2D eigenvalue weighted by Crippen LogP contribution is 2.31. The number of fused-ring (bicyclic) bond motifs is 1. The highest BCUT2D eigenvalue weighted by molar-refractivity contribution is 5.91. The number of hydrogen-bond acceptors (Lipinski definition) is 6. The van der Waals surface area contributed by atoms with Crippen LogP contribution in [0.1, 0.15) is 41.9 Å². The third-order valence-electron chi connectivity index (χ3n) is 8.78.